The fourth-order valence-electron chi connectivity index (χ4n) is 2.69. The summed E-state index contributed by atoms with van der Waals surface area (Å²) in [6, 6.07) is 2.72. The van der Waals surface area contributed by atoms with E-state index in [1.165, 1.54) is 0 Å². The van der Waals surface area contributed by atoms with Crippen molar-refractivity contribution >= 4 is 29.7 Å². The third-order valence-corrected chi connectivity index (χ3v) is 4.53. The van der Waals surface area contributed by atoms with Gasteiger partial charge in [-0.2, -0.15) is 0 Å². The Hall–Kier alpha value is -3.55. The lowest BCUT2D eigenvalue weighted by Gasteiger charge is -2.24. The van der Waals surface area contributed by atoms with Gasteiger partial charge >= 0.3 is 11.9 Å². The molecule has 3 amide bonds. The zero-order valence-corrected chi connectivity index (χ0v) is 17.6. The van der Waals surface area contributed by atoms with Gasteiger partial charge in [-0.15, -0.1) is 0 Å². The summed E-state index contributed by atoms with van der Waals surface area (Å²) in [4.78, 5) is 59.5. The van der Waals surface area contributed by atoms with Gasteiger partial charge in [-0.25, -0.2) is 4.79 Å². The summed E-state index contributed by atoms with van der Waals surface area (Å²) in [5, 5.41) is 43.3. The van der Waals surface area contributed by atoms with E-state index < -0.39 is 73.5 Å². The minimum atomic E-state index is -1.55. The Morgan fingerprint density at radius 2 is 1.33 bits per heavy atom. The summed E-state index contributed by atoms with van der Waals surface area (Å²) in [6.45, 7) is -1.60. The average molecular weight is 468 g/mol. The van der Waals surface area contributed by atoms with Gasteiger partial charge in [-0.05, 0) is 12.0 Å². The molecule has 182 valence electrons. The number of hydrogen-bond acceptors (Lipinski definition) is 8. The van der Waals surface area contributed by atoms with Crippen LogP contribution in [0.1, 0.15) is 18.4 Å². The van der Waals surface area contributed by atoms with Crippen LogP contribution in [0.4, 0.5) is 0 Å². The highest BCUT2D eigenvalue weighted by Gasteiger charge is 2.30. The normalized spacial score (nSPS) is 14.3. The van der Waals surface area contributed by atoms with Crippen molar-refractivity contribution in [2.75, 3.05) is 13.2 Å². The summed E-state index contributed by atoms with van der Waals surface area (Å²) in [7, 11) is 0. The van der Waals surface area contributed by atoms with E-state index in [0.717, 1.165) is 0 Å². The second kappa shape index (κ2) is 13.8. The molecule has 0 aliphatic rings. The molecular formula is C20H28N4O9. The molecule has 1 rings (SSSR count). The number of aliphatic hydroxyl groups is 2. The van der Waals surface area contributed by atoms with Gasteiger partial charge in [0, 0.05) is 12.8 Å². The van der Waals surface area contributed by atoms with Crippen LogP contribution in [0.5, 0.6) is 0 Å². The molecule has 0 saturated heterocycles. The van der Waals surface area contributed by atoms with E-state index >= 15 is 0 Å². The summed E-state index contributed by atoms with van der Waals surface area (Å²) in [6.07, 6.45) is -0.969. The molecule has 0 aromatic heterocycles. The van der Waals surface area contributed by atoms with Crippen LogP contribution in [0, 0.1) is 0 Å². The number of hydrogen-bond donors (Lipinski definition) is 8. The topological polar surface area (TPSA) is 228 Å². The summed E-state index contributed by atoms with van der Waals surface area (Å²) in [5.41, 5.74) is 5.96. The Labute approximate surface area is 189 Å². The van der Waals surface area contributed by atoms with Crippen LogP contribution in [-0.2, 0) is 30.4 Å². The van der Waals surface area contributed by atoms with Crippen LogP contribution in [0.15, 0.2) is 30.3 Å². The maximum atomic E-state index is 12.7. The van der Waals surface area contributed by atoms with Gasteiger partial charge < -0.3 is 42.1 Å². The highest BCUT2D eigenvalue weighted by molar-refractivity contribution is 5.94. The molecule has 0 spiro atoms. The van der Waals surface area contributed by atoms with Crippen molar-refractivity contribution < 1.29 is 44.4 Å². The molecule has 0 fully saturated rings. The second-order valence-electron chi connectivity index (χ2n) is 7.12. The van der Waals surface area contributed by atoms with Gasteiger partial charge in [0.25, 0.3) is 0 Å². The number of carboxylic acid groups (broad SMARTS) is 2. The van der Waals surface area contributed by atoms with Crippen LogP contribution in [0.25, 0.3) is 0 Å². The van der Waals surface area contributed by atoms with E-state index in [2.05, 4.69) is 16.0 Å². The number of aliphatic carboxylic acids is 2. The Morgan fingerprint density at radius 3 is 1.85 bits per heavy atom. The van der Waals surface area contributed by atoms with Gasteiger partial charge in [0.05, 0.1) is 13.2 Å². The third-order valence-electron chi connectivity index (χ3n) is 4.53. The molecule has 0 saturated carbocycles. The van der Waals surface area contributed by atoms with Crippen LogP contribution < -0.4 is 21.7 Å². The number of nitrogens with two attached hydrogens (primary N) is 1. The standard InChI is InChI=1S/C20H28N4O9/c21-12(9-25)17(29)24-15(10-26)19(31)22-13(6-7-16(27)28)18(30)23-14(20(32)33)8-11-4-2-1-3-5-11/h1-5,12-15,25-26H,6-10,21H2,(H,22,31)(H,23,30)(H,24,29)(H,27,28)(H,32,33). The lowest BCUT2D eigenvalue weighted by molar-refractivity contribution is -0.143. The number of amides is 3. The van der Waals surface area contributed by atoms with Crippen molar-refractivity contribution in [1.82, 2.24) is 16.0 Å². The molecule has 33 heavy (non-hydrogen) atoms. The minimum absolute atomic E-state index is 0.0596. The summed E-state index contributed by atoms with van der Waals surface area (Å²) >= 11 is 0. The van der Waals surface area contributed by atoms with Crippen LogP contribution >= 0.6 is 0 Å². The monoisotopic (exact) mass is 468 g/mol. The molecule has 9 N–H and O–H groups in total. The number of carbonyl (C=O) groups is 5. The number of nitrogens with one attached hydrogen (secondary N) is 3. The van der Waals surface area contributed by atoms with Crippen LogP contribution in [0.2, 0.25) is 0 Å². The number of carbonyl (C=O) groups excluding carboxylic acids is 3. The fourth-order valence-corrected chi connectivity index (χ4v) is 2.69. The first-order valence-electron chi connectivity index (χ1n) is 9.96. The van der Waals surface area contributed by atoms with Gasteiger partial charge in [0.1, 0.15) is 24.2 Å². The number of carboxylic acids is 2. The predicted molar refractivity (Wildman–Crippen MR) is 113 cm³/mol. The maximum Gasteiger partial charge on any atom is 0.326 e. The number of benzene rings is 1. The van der Waals surface area contributed by atoms with E-state index in [0.29, 0.717) is 5.56 Å². The highest BCUT2D eigenvalue weighted by Crippen LogP contribution is 2.06. The Bertz CT molecular complexity index is 834. The zero-order chi connectivity index (χ0) is 25.0. The minimum Gasteiger partial charge on any atom is -0.481 e. The molecule has 0 bridgehead atoms. The third kappa shape index (κ3) is 9.64. The first-order valence-corrected chi connectivity index (χ1v) is 9.96. The van der Waals surface area contributed by atoms with Crippen molar-refractivity contribution in [2.24, 2.45) is 5.73 Å². The molecule has 0 heterocycles. The van der Waals surface area contributed by atoms with Crippen LogP contribution in [0.3, 0.4) is 0 Å². The van der Waals surface area contributed by atoms with E-state index in [9.17, 15) is 34.2 Å². The highest BCUT2D eigenvalue weighted by atomic mass is 16.4. The fraction of sp³-hybridized carbons (Fsp3) is 0.450. The quantitative estimate of drug-likeness (QED) is 0.137. The van der Waals surface area contributed by atoms with Gasteiger partial charge in [-0.1, -0.05) is 30.3 Å². The molecule has 13 nitrogen and oxygen atoms in total. The molecule has 1 aromatic carbocycles. The second-order valence-corrected chi connectivity index (χ2v) is 7.12. The number of aliphatic hydroxyl groups excluding tert-OH is 2. The largest absolute Gasteiger partial charge is 0.481 e. The smallest absolute Gasteiger partial charge is 0.326 e. The molecule has 0 aliphatic carbocycles. The Kier molecular flexibility index (Phi) is 11.5. The lowest BCUT2D eigenvalue weighted by atomic mass is 10.0. The van der Waals surface area contributed by atoms with Crippen molar-refractivity contribution in [2.45, 2.75) is 43.4 Å². The van der Waals surface area contributed by atoms with Crippen molar-refractivity contribution in [3.05, 3.63) is 35.9 Å². The van der Waals surface area contributed by atoms with Crippen LogP contribution in [-0.4, -0.2) is 87.5 Å². The molecule has 0 radical (unpaired) electrons. The molecule has 13 heteroatoms. The van der Waals surface area contributed by atoms with E-state index in [1.54, 1.807) is 30.3 Å². The number of rotatable bonds is 14. The SMILES string of the molecule is NC(CO)C(=O)NC(CO)C(=O)NC(CCC(=O)O)C(=O)NC(Cc1ccccc1)C(=O)O. The van der Waals surface area contributed by atoms with E-state index in [1.807, 2.05) is 0 Å². The van der Waals surface area contributed by atoms with Crippen molar-refractivity contribution in [1.29, 1.82) is 0 Å². The van der Waals surface area contributed by atoms with Gasteiger partial charge in [0.2, 0.25) is 17.7 Å². The van der Waals surface area contributed by atoms with E-state index in [4.69, 9.17) is 15.9 Å². The Balaban J connectivity index is 2.93. The van der Waals surface area contributed by atoms with Crippen molar-refractivity contribution in [3.8, 4) is 0 Å². The molecule has 1 aromatic rings. The molecular weight excluding hydrogens is 440 g/mol. The maximum absolute atomic E-state index is 12.7. The predicted octanol–water partition coefficient (Wildman–Crippen LogP) is -3.06. The first-order chi connectivity index (χ1) is 15.6. The van der Waals surface area contributed by atoms with Gasteiger partial charge in [0.15, 0.2) is 0 Å². The Morgan fingerprint density at radius 1 is 0.788 bits per heavy atom. The lowest BCUT2D eigenvalue weighted by Crippen LogP contribution is -2.58. The zero-order valence-electron chi connectivity index (χ0n) is 17.6. The molecule has 4 unspecified atom stereocenters. The average Bonchev–Trinajstić information content (AvgIpc) is 2.78. The first kappa shape index (κ1) is 27.5. The molecule has 0 aliphatic heterocycles. The summed E-state index contributed by atoms with van der Waals surface area (Å²) in [5.74, 6) is -5.53. The molecule has 4 atom stereocenters. The summed E-state index contributed by atoms with van der Waals surface area (Å²) < 4.78 is 0. The van der Waals surface area contributed by atoms with Crippen molar-refractivity contribution in [3.63, 3.8) is 0 Å². The van der Waals surface area contributed by atoms with E-state index in [-0.39, 0.29) is 12.8 Å². The van der Waals surface area contributed by atoms with Gasteiger partial charge in [-0.3, -0.25) is 19.2 Å².